The van der Waals surface area contributed by atoms with E-state index in [1.54, 1.807) is 13.2 Å². The highest BCUT2D eigenvalue weighted by Crippen LogP contribution is 2.12. The van der Waals surface area contributed by atoms with Gasteiger partial charge < -0.3 is 9.47 Å². The maximum absolute atomic E-state index is 11.1. The summed E-state index contributed by atoms with van der Waals surface area (Å²) in [6.45, 7) is 0.230. The van der Waals surface area contributed by atoms with E-state index in [2.05, 4.69) is 0 Å². The maximum Gasteiger partial charge on any atom is 0.330 e. The second kappa shape index (κ2) is 6.90. The Kier molecular flexibility index (Phi) is 5.43. The summed E-state index contributed by atoms with van der Waals surface area (Å²) in [6.07, 6.45) is 3.05. The summed E-state index contributed by atoms with van der Waals surface area (Å²) >= 11 is 5.38. The van der Waals surface area contributed by atoms with Crippen LogP contribution in [-0.4, -0.2) is 25.6 Å². The van der Waals surface area contributed by atoms with Crippen LogP contribution in [0.25, 0.3) is 6.08 Å². The van der Waals surface area contributed by atoms with Crippen LogP contribution in [0, 0.1) is 0 Å². The van der Waals surface area contributed by atoms with Crippen LogP contribution >= 0.6 is 11.6 Å². The van der Waals surface area contributed by atoms with Gasteiger partial charge in [0.25, 0.3) is 0 Å². The van der Waals surface area contributed by atoms with Crippen molar-refractivity contribution >= 4 is 23.6 Å². The van der Waals surface area contributed by atoms with Gasteiger partial charge in [0.2, 0.25) is 0 Å². The Bertz CT molecular complexity index is 357. The van der Waals surface area contributed by atoms with Gasteiger partial charge >= 0.3 is 5.97 Å². The summed E-state index contributed by atoms with van der Waals surface area (Å²) in [5, 5.41) is 0. The van der Waals surface area contributed by atoms with Crippen molar-refractivity contribution in [2.45, 2.75) is 0 Å². The molecule has 0 saturated carbocycles. The fraction of sp³-hybridized carbons (Fsp3) is 0.250. The van der Waals surface area contributed by atoms with Crippen molar-refractivity contribution in [1.29, 1.82) is 0 Å². The number of carbonyl (C=O) groups excluding carboxylic acids is 1. The van der Waals surface area contributed by atoms with Crippen molar-refractivity contribution < 1.29 is 14.3 Å². The minimum Gasteiger partial charge on any atom is -0.497 e. The number of ether oxygens (including phenoxy) is 2. The lowest BCUT2D eigenvalue weighted by atomic mass is 10.2. The van der Waals surface area contributed by atoms with Gasteiger partial charge in [0.15, 0.2) is 0 Å². The molecule has 0 fully saturated rings. The summed E-state index contributed by atoms with van der Waals surface area (Å²) in [7, 11) is 1.61. The Labute approximate surface area is 99.6 Å². The largest absolute Gasteiger partial charge is 0.497 e. The zero-order valence-corrected chi connectivity index (χ0v) is 9.74. The Morgan fingerprint density at radius 1 is 1.38 bits per heavy atom. The first-order valence-electron chi connectivity index (χ1n) is 4.81. The van der Waals surface area contributed by atoms with Gasteiger partial charge in [0.05, 0.1) is 13.0 Å². The monoisotopic (exact) mass is 240 g/mol. The Morgan fingerprint density at radius 3 is 2.62 bits per heavy atom. The highest BCUT2D eigenvalue weighted by atomic mass is 35.5. The zero-order chi connectivity index (χ0) is 11.8. The van der Waals surface area contributed by atoms with Gasteiger partial charge in [0, 0.05) is 6.08 Å². The topological polar surface area (TPSA) is 35.5 Å². The number of hydrogen-bond acceptors (Lipinski definition) is 3. The summed E-state index contributed by atoms with van der Waals surface area (Å²) < 4.78 is 9.79. The fourth-order valence-electron chi connectivity index (χ4n) is 1.07. The first kappa shape index (κ1) is 12.6. The molecule has 1 aromatic rings. The molecule has 0 unspecified atom stereocenters. The van der Waals surface area contributed by atoms with Gasteiger partial charge in [-0.3, -0.25) is 0 Å². The van der Waals surface area contributed by atoms with Crippen LogP contribution in [0.5, 0.6) is 5.75 Å². The molecular formula is C12H13ClO3. The Morgan fingerprint density at radius 2 is 2.06 bits per heavy atom. The number of carbonyl (C=O) groups is 1. The number of benzene rings is 1. The third-order valence-electron chi connectivity index (χ3n) is 1.85. The van der Waals surface area contributed by atoms with E-state index in [1.807, 2.05) is 24.3 Å². The number of methoxy groups -OCH3 is 1. The number of hydrogen-bond donors (Lipinski definition) is 0. The van der Waals surface area contributed by atoms with E-state index in [-0.39, 0.29) is 6.61 Å². The van der Waals surface area contributed by atoms with Crippen LogP contribution < -0.4 is 4.74 Å². The molecule has 16 heavy (non-hydrogen) atoms. The van der Waals surface area contributed by atoms with E-state index >= 15 is 0 Å². The van der Waals surface area contributed by atoms with Gasteiger partial charge in [-0.05, 0) is 23.8 Å². The molecular weight excluding hydrogens is 228 g/mol. The number of alkyl halides is 1. The van der Waals surface area contributed by atoms with E-state index in [1.165, 1.54) is 6.08 Å². The minimum absolute atomic E-state index is 0.230. The SMILES string of the molecule is COc1ccc(C=CC(=O)OCCCl)cc1. The van der Waals surface area contributed by atoms with Crippen molar-refractivity contribution in [3.05, 3.63) is 35.9 Å². The molecule has 0 spiro atoms. The molecule has 0 aliphatic carbocycles. The molecule has 1 aromatic carbocycles. The highest BCUT2D eigenvalue weighted by molar-refractivity contribution is 6.18. The lowest BCUT2D eigenvalue weighted by Gasteiger charge is -1.99. The van der Waals surface area contributed by atoms with Crippen molar-refractivity contribution in [1.82, 2.24) is 0 Å². The van der Waals surface area contributed by atoms with Gasteiger partial charge in [-0.1, -0.05) is 12.1 Å². The quantitative estimate of drug-likeness (QED) is 0.451. The molecule has 3 nitrogen and oxygen atoms in total. The molecule has 0 atom stereocenters. The molecule has 0 aromatic heterocycles. The zero-order valence-electron chi connectivity index (χ0n) is 8.98. The summed E-state index contributed by atoms with van der Waals surface area (Å²) in [4.78, 5) is 11.1. The summed E-state index contributed by atoms with van der Waals surface area (Å²) in [5.74, 6) is 0.695. The molecule has 0 amide bonds. The fourth-order valence-corrected chi connectivity index (χ4v) is 1.14. The van der Waals surface area contributed by atoms with E-state index in [0.29, 0.717) is 5.88 Å². The van der Waals surface area contributed by atoms with Crippen molar-refractivity contribution in [2.75, 3.05) is 19.6 Å². The summed E-state index contributed by atoms with van der Waals surface area (Å²) in [5.41, 5.74) is 0.906. The van der Waals surface area contributed by atoms with Crippen LogP contribution in [0.15, 0.2) is 30.3 Å². The average Bonchev–Trinajstić information content (AvgIpc) is 2.34. The molecule has 86 valence electrons. The molecule has 1 rings (SSSR count). The highest BCUT2D eigenvalue weighted by Gasteiger charge is 1.95. The number of rotatable bonds is 5. The van der Waals surface area contributed by atoms with Gasteiger partial charge in [-0.2, -0.15) is 0 Å². The lowest BCUT2D eigenvalue weighted by molar-refractivity contribution is -0.137. The van der Waals surface area contributed by atoms with Crippen LogP contribution in [0.3, 0.4) is 0 Å². The Hall–Kier alpha value is -1.48. The maximum atomic E-state index is 11.1. The van der Waals surface area contributed by atoms with Crippen molar-refractivity contribution in [2.24, 2.45) is 0 Å². The molecule has 0 bridgehead atoms. The van der Waals surface area contributed by atoms with E-state index in [0.717, 1.165) is 11.3 Å². The standard InChI is InChI=1S/C12H13ClO3/c1-15-11-5-2-10(3-6-11)4-7-12(14)16-9-8-13/h2-7H,8-9H2,1H3. The second-order valence-electron chi connectivity index (χ2n) is 2.96. The summed E-state index contributed by atoms with van der Waals surface area (Å²) in [6, 6.07) is 7.35. The van der Waals surface area contributed by atoms with E-state index < -0.39 is 5.97 Å². The minimum atomic E-state index is -0.392. The van der Waals surface area contributed by atoms with Crippen LogP contribution in [0.4, 0.5) is 0 Å². The van der Waals surface area contributed by atoms with Crippen LogP contribution in [0.2, 0.25) is 0 Å². The van der Waals surface area contributed by atoms with Gasteiger partial charge in [-0.15, -0.1) is 11.6 Å². The molecule has 0 aliphatic heterocycles. The molecule has 4 heteroatoms. The molecule has 0 radical (unpaired) electrons. The molecule has 0 N–H and O–H groups in total. The predicted octanol–water partition coefficient (Wildman–Crippen LogP) is 2.49. The van der Waals surface area contributed by atoms with Crippen molar-refractivity contribution in [3.63, 3.8) is 0 Å². The van der Waals surface area contributed by atoms with E-state index in [9.17, 15) is 4.79 Å². The third-order valence-corrected chi connectivity index (χ3v) is 2.00. The van der Waals surface area contributed by atoms with Gasteiger partial charge in [0.1, 0.15) is 12.4 Å². The number of halogens is 1. The molecule has 0 aliphatic rings. The smallest absolute Gasteiger partial charge is 0.330 e. The molecule has 0 heterocycles. The first-order chi connectivity index (χ1) is 7.76. The second-order valence-corrected chi connectivity index (χ2v) is 3.34. The van der Waals surface area contributed by atoms with Gasteiger partial charge in [-0.25, -0.2) is 4.79 Å². The number of esters is 1. The third kappa shape index (κ3) is 4.36. The first-order valence-corrected chi connectivity index (χ1v) is 5.34. The predicted molar refractivity (Wildman–Crippen MR) is 63.7 cm³/mol. The van der Waals surface area contributed by atoms with E-state index in [4.69, 9.17) is 21.1 Å². The normalized spacial score (nSPS) is 10.4. The average molecular weight is 241 g/mol. The Balaban J connectivity index is 2.52. The van der Waals surface area contributed by atoms with Crippen LogP contribution in [-0.2, 0) is 9.53 Å². The van der Waals surface area contributed by atoms with Crippen molar-refractivity contribution in [3.8, 4) is 5.75 Å². The molecule has 0 saturated heterocycles. The van der Waals surface area contributed by atoms with Crippen LogP contribution in [0.1, 0.15) is 5.56 Å². The lowest BCUT2D eigenvalue weighted by Crippen LogP contribution is -2.02.